The van der Waals surface area contributed by atoms with Crippen molar-refractivity contribution in [1.29, 1.82) is 0 Å². The maximum absolute atomic E-state index is 14.5. The maximum atomic E-state index is 14.5. The zero-order valence-corrected chi connectivity index (χ0v) is 46.5. The van der Waals surface area contributed by atoms with Gasteiger partial charge in [0.2, 0.25) is 17.8 Å². The number of rotatable bonds is 22. The van der Waals surface area contributed by atoms with Gasteiger partial charge < -0.3 is 41.0 Å². The normalized spacial score (nSPS) is 10.9. The van der Waals surface area contributed by atoms with Crippen molar-refractivity contribution < 1.29 is 27.8 Å². The fourth-order valence-electron chi connectivity index (χ4n) is 7.79. The lowest BCUT2D eigenvalue weighted by molar-refractivity contribution is -0.118. The number of aliphatic imine (C=N–C) groups is 1. The van der Waals surface area contributed by atoms with Gasteiger partial charge in [0, 0.05) is 50.8 Å². The van der Waals surface area contributed by atoms with Crippen LogP contribution in [0.25, 0.3) is 11.0 Å². The highest BCUT2D eigenvalue weighted by Gasteiger charge is 2.15. The van der Waals surface area contributed by atoms with E-state index in [-0.39, 0.29) is 35.1 Å². The molecule has 0 fully saturated rings. The van der Waals surface area contributed by atoms with Crippen molar-refractivity contribution in [2.24, 2.45) is 12.0 Å². The Hall–Kier alpha value is -7.83. The van der Waals surface area contributed by atoms with Crippen molar-refractivity contribution in [3.8, 4) is 23.0 Å². The molecule has 16 nitrogen and oxygen atoms in total. The van der Waals surface area contributed by atoms with E-state index in [1.165, 1.54) is 12.1 Å². The number of anilines is 6. The van der Waals surface area contributed by atoms with Gasteiger partial charge in [0.25, 0.3) is 0 Å². The molecule has 0 aliphatic rings. The van der Waals surface area contributed by atoms with E-state index in [4.69, 9.17) is 15.2 Å². The van der Waals surface area contributed by atoms with E-state index < -0.39 is 0 Å². The first-order chi connectivity index (χ1) is 37.0. The number of nitrogens with zero attached hydrogens (tertiary/aromatic N) is 7. The molecule has 0 bridgehead atoms. The van der Waals surface area contributed by atoms with Gasteiger partial charge in [-0.15, -0.1) is 0 Å². The number of thiocarbonyl (C=S) groups is 1. The molecule has 4 aromatic carbocycles. The number of hydrogen-bond donors (Lipinski definition) is 5. The Labute approximate surface area is 456 Å². The summed E-state index contributed by atoms with van der Waals surface area (Å²) in [7, 11) is 3.69. The maximum Gasteiger partial charge on any atom is 0.239 e. The molecule has 19 heteroatoms. The van der Waals surface area contributed by atoms with E-state index >= 15 is 0 Å². The number of pyridine rings is 2. The number of halogens is 2. The first kappa shape index (κ1) is 60.0. The number of nitrogens with two attached hydrogens (primary N) is 1. The molecule has 2 amide bonds. The van der Waals surface area contributed by atoms with Gasteiger partial charge >= 0.3 is 0 Å². The number of aromatic nitrogens is 4. The van der Waals surface area contributed by atoms with Crippen LogP contribution < -0.4 is 36.5 Å². The van der Waals surface area contributed by atoms with E-state index in [9.17, 15) is 18.4 Å². The van der Waals surface area contributed by atoms with Crippen molar-refractivity contribution in [2.45, 2.75) is 80.1 Å². The van der Waals surface area contributed by atoms with Gasteiger partial charge in [0.1, 0.15) is 52.0 Å². The summed E-state index contributed by atoms with van der Waals surface area (Å²) in [5.41, 5.74) is 11.7. The van der Waals surface area contributed by atoms with Gasteiger partial charge in [-0.1, -0.05) is 67.5 Å². The third-order valence-corrected chi connectivity index (χ3v) is 12.1. The third-order valence-electron chi connectivity index (χ3n) is 12.0. The van der Waals surface area contributed by atoms with Crippen LogP contribution in [0.1, 0.15) is 91.2 Å². The number of carbonyl (C=O) groups excluding carboxylic acids is 2. The van der Waals surface area contributed by atoms with Gasteiger partial charge in [-0.25, -0.2) is 23.7 Å². The third kappa shape index (κ3) is 18.5. The summed E-state index contributed by atoms with van der Waals surface area (Å²) >= 11 is 4.42. The van der Waals surface area contributed by atoms with Crippen molar-refractivity contribution in [3.05, 3.63) is 132 Å². The minimum absolute atomic E-state index is 0.0902. The zero-order chi connectivity index (χ0) is 56.0. The molecule has 6 N–H and O–H groups in total. The number of nitrogens with one attached hydrogen (secondary N) is 4. The SMILES string of the molecule is CC(C)c1ccc(F)c(N=C=S)c1.CCCN(CC)CC(=O)Nc1cc(Oc2ccc(NC)c(N)c2)ccn1.CCCN(CC)CC(=O)Nc1cc(Oc2ccc3c(c2)nc(Nc2cc(C(C)C)ccc2F)n3C)ccn1. The lowest BCUT2D eigenvalue weighted by Crippen LogP contribution is -2.33. The van der Waals surface area contributed by atoms with E-state index in [0.29, 0.717) is 76.5 Å². The Bertz CT molecular complexity index is 3110. The highest BCUT2D eigenvalue weighted by atomic mass is 32.1. The molecule has 0 atom stereocenters. The summed E-state index contributed by atoms with van der Waals surface area (Å²) < 4.78 is 41.3. The van der Waals surface area contributed by atoms with E-state index in [0.717, 1.165) is 61.4 Å². The molecule has 0 spiro atoms. The molecule has 3 heterocycles. The molecule has 0 unspecified atom stereocenters. The van der Waals surface area contributed by atoms with Crippen LogP contribution in [0.5, 0.6) is 23.0 Å². The number of hydrogen-bond acceptors (Lipinski definition) is 14. The number of fused-ring (bicyclic) bond motifs is 1. The van der Waals surface area contributed by atoms with Crippen molar-refractivity contribution in [3.63, 3.8) is 0 Å². The number of aryl methyl sites for hydroxylation is 1. The Balaban J connectivity index is 0.000000241. The molecule has 7 aromatic rings. The largest absolute Gasteiger partial charge is 0.457 e. The van der Waals surface area contributed by atoms with E-state index in [2.05, 4.69) is 96.1 Å². The number of imidazole rings is 1. The Morgan fingerprint density at radius 3 is 1.73 bits per heavy atom. The number of amides is 2. The summed E-state index contributed by atoms with van der Waals surface area (Å²) in [6.07, 6.45) is 5.19. The van der Waals surface area contributed by atoms with E-state index in [1.807, 2.05) is 82.8 Å². The number of likely N-dealkylation sites (N-methyl/N-ethyl adjacent to an activating group) is 2. The quantitative estimate of drug-likeness (QED) is 0.0245. The number of ether oxygens (including phenoxy) is 2. The first-order valence-corrected chi connectivity index (χ1v) is 26.2. The standard InChI is InChI=1S/C29H35FN6O2.C19H27N5O2.C10H10FNS/c1-6-14-36(7-2)18-28(37)34-27-17-22(12-13-31-27)38-21-9-11-26-25(16-21)33-29(35(26)5)32-24-15-20(19(3)4)8-10-23(24)30;1-4-10-24(5-2)13-19(25)23-18-12-15(8-9-22-18)26-14-6-7-17(21-3)16(20)11-14;1-7(2)8-3-4-9(11)10(5-8)12-6-13/h8-13,15-17,19H,6-7,14,18H2,1-5H3,(H,32,33)(H,31,34,37);6-9,11-12,21H,4-5,10,13,20H2,1-3H3,(H,22,23,25);3-5,7H,1-2H3. The average molecular weight is 1070 g/mol. The highest BCUT2D eigenvalue weighted by molar-refractivity contribution is 7.78. The van der Waals surface area contributed by atoms with Crippen LogP contribution in [0.15, 0.2) is 114 Å². The average Bonchev–Trinajstić information content (AvgIpc) is 3.72. The molecule has 0 aliphatic heterocycles. The number of isothiocyanates is 1. The van der Waals surface area contributed by atoms with Gasteiger partial charge in [0.15, 0.2) is 0 Å². The summed E-state index contributed by atoms with van der Waals surface area (Å²) in [5, 5.41) is 14.0. The van der Waals surface area contributed by atoms with Gasteiger partial charge in [-0.2, -0.15) is 4.99 Å². The van der Waals surface area contributed by atoms with Crippen molar-refractivity contribution in [2.75, 3.05) is 73.3 Å². The van der Waals surface area contributed by atoms with Crippen LogP contribution in [0.4, 0.5) is 49.1 Å². The molecular formula is C58H72F2N12O4S. The van der Waals surface area contributed by atoms with E-state index in [1.54, 1.807) is 60.9 Å². The minimum Gasteiger partial charge on any atom is -0.457 e. The van der Waals surface area contributed by atoms with Crippen LogP contribution in [0, 0.1) is 11.6 Å². The van der Waals surface area contributed by atoms with Crippen LogP contribution in [-0.4, -0.2) is 92.6 Å². The number of benzene rings is 4. The number of nitrogen functional groups attached to an aromatic ring is 1. The fourth-order valence-corrected chi connectivity index (χ4v) is 7.89. The van der Waals surface area contributed by atoms with Crippen LogP contribution in [-0.2, 0) is 16.6 Å². The molecule has 0 radical (unpaired) electrons. The summed E-state index contributed by atoms with van der Waals surface area (Å²) in [6.45, 7) is 20.6. The van der Waals surface area contributed by atoms with Crippen molar-refractivity contribution in [1.82, 2.24) is 29.3 Å². The van der Waals surface area contributed by atoms with Crippen molar-refractivity contribution >= 4 is 80.6 Å². The molecule has 7 rings (SSSR count). The second-order valence-electron chi connectivity index (χ2n) is 18.5. The molecular weight excluding hydrogens is 999 g/mol. The van der Waals surface area contributed by atoms with Gasteiger partial charge in [0.05, 0.1) is 46.3 Å². The smallest absolute Gasteiger partial charge is 0.239 e. The summed E-state index contributed by atoms with van der Waals surface area (Å²) in [4.78, 5) is 45.5. The molecule has 0 saturated heterocycles. The van der Waals surface area contributed by atoms with Gasteiger partial charge in [-0.05, 0) is 135 Å². The van der Waals surface area contributed by atoms with Gasteiger partial charge in [-0.3, -0.25) is 19.4 Å². The second kappa shape index (κ2) is 30.0. The predicted octanol–water partition coefficient (Wildman–Crippen LogP) is 13.3. The van der Waals surface area contributed by atoms with Crippen LogP contribution >= 0.6 is 12.2 Å². The Morgan fingerprint density at radius 2 is 1.22 bits per heavy atom. The molecule has 77 heavy (non-hydrogen) atoms. The fraction of sp³-hybridized carbons (Fsp3) is 0.345. The Morgan fingerprint density at radius 1 is 0.701 bits per heavy atom. The molecule has 408 valence electrons. The second-order valence-corrected chi connectivity index (χ2v) is 18.7. The number of carbonyl (C=O) groups is 2. The first-order valence-electron chi connectivity index (χ1n) is 25.8. The zero-order valence-electron chi connectivity index (χ0n) is 45.7. The lowest BCUT2D eigenvalue weighted by atomic mass is 10.0. The molecule has 0 aliphatic carbocycles. The minimum atomic E-state index is -0.359. The molecule has 0 saturated carbocycles. The Kier molecular flexibility index (Phi) is 23.4. The monoisotopic (exact) mass is 1070 g/mol. The summed E-state index contributed by atoms with van der Waals surface area (Å²) in [6, 6.07) is 27.8. The van der Waals surface area contributed by atoms with Crippen LogP contribution in [0.2, 0.25) is 0 Å². The predicted molar refractivity (Wildman–Crippen MR) is 311 cm³/mol. The lowest BCUT2D eigenvalue weighted by Gasteiger charge is -2.18. The van der Waals surface area contributed by atoms with Crippen LogP contribution in [0.3, 0.4) is 0 Å². The topological polar surface area (TPSA) is 189 Å². The highest BCUT2D eigenvalue weighted by Crippen LogP contribution is 2.32. The molecule has 3 aromatic heterocycles. The summed E-state index contributed by atoms with van der Waals surface area (Å²) in [5.74, 6) is 3.47.